The highest BCUT2D eigenvalue weighted by Crippen LogP contribution is 2.30. The number of aromatic hydroxyl groups is 1. The molecule has 0 saturated heterocycles. The Morgan fingerprint density at radius 1 is 1.05 bits per heavy atom. The third kappa shape index (κ3) is 6.89. The molecule has 0 radical (unpaired) electrons. The molecule has 43 heavy (non-hydrogen) atoms. The molecule has 1 fully saturated rings. The van der Waals surface area contributed by atoms with Gasteiger partial charge in [0.1, 0.15) is 17.6 Å². The predicted octanol–water partition coefficient (Wildman–Crippen LogP) is 3.72. The molecule has 13 nitrogen and oxygen atoms in total. The average molecular weight is 587 g/mol. The largest absolute Gasteiger partial charge is 0.508 e. The van der Waals surface area contributed by atoms with Gasteiger partial charge in [0.15, 0.2) is 5.82 Å². The van der Waals surface area contributed by atoms with Crippen molar-refractivity contribution in [3.05, 3.63) is 83.3 Å². The number of phenolic OH excluding ortho intramolecular Hbond substituents is 1. The molecule has 2 heterocycles. The van der Waals surface area contributed by atoms with E-state index in [1.54, 1.807) is 30.3 Å². The number of aromatic nitrogens is 3. The summed E-state index contributed by atoms with van der Waals surface area (Å²) in [5.41, 5.74) is 3.29. The number of nitrogens with zero attached hydrogens (tertiary/aromatic N) is 4. The summed E-state index contributed by atoms with van der Waals surface area (Å²) in [5.74, 6) is -0.954. The van der Waals surface area contributed by atoms with Gasteiger partial charge in [-0.3, -0.25) is 14.4 Å². The fraction of sp³-hybridized carbons (Fsp3) is 0.267. The van der Waals surface area contributed by atoms with E-state index >= 15 is 0 Å². The first kappa shape index (κ1) is 29.0. The number of anilines is 2. The summed E-state index contributed by atoms with van der Waals surface area (Å²) in [6.07, 6.45) is 3.07. The average Bonchev–Trinajstić information content (AvgIpc) is 3.71. The van der Waals surface area contributed by atoms with Crippen LogP contribution in [-0.2, 0) is 20.7 Å². The summed E-state index contributed by atoms with van der Waals surface area (Å²) >= 11 is 0. The maximum absolute atomic E-state index is 13.5. The number of hydrogen-bond acceptors (Lipinski definition) is 10. The van der Waals surface area contributed by atoms with Crippen LogP contribution in [0, 0.1) is 6.92 Å². The molecule has 3 N–H and O–H groups in total. The molecular weight excluding hydrogens is 556 g/mol. The van der Waals surface area contributed by atoms with Crippen molar-refractivity contribution < 1.29 is 33.8 Å². The Bertz CT molecular complexity index is 1680. The van der Waals surface area contributed by atoms with E-state index < -0.39 is 24.8 Å². The fourth-order valence-electron chi connectivity index (χ4n) is 4.35. The predicted molar refractivity (Wildman–Crippen MR) is 154 cm³/mol. The molecule has 5 rings (SSSR count). The number of phenols is 1. The van der Waals surface area contributed by atoms with Gasteiger partial charge >= 0.3 is 12.1 Å². The topological polar surface area (TPSA) is 164 Å². The number of carbonyl (C=O) groups excluding carboxylic acids is 4. The molecule has 0 atom stereocenters. The Morgan fingerprint density at radius 2 is 1.81 bits per heavy atom. The molecule has 1 saturated carbocycles. The fourth-order valence-corrected chi connectivity index (χ4v) is 4.35. The summed E-state index contributed by atoms with van der Waals surface area (Å²) < 4.78 is 11.6. The van der Waals surface area contributed by atoms with Crippen LogP contribution in [0.1, 0.15) is 51.6 Å². The third-order valence-corrected chi connectivity index (χ3v) is 6.76. The van der Waals surface area contributed by atoms with Gasteiger partial charge in [-0.1, -0.05) is 18.2 Å². The van der Waals surface area contributed by atoms with Crippen molar-refractivity contribution in [2.24, 2.45) is 0 Å². The van der Waals surface area contributed by atoms with Gasteiger partial charge in [0.05, 0.1) is 12.0 Å². The molecule has 1 aliphatic carbocycles. The van der Waals surface area contributed by atoms with E-state index in [-0.39, 0.29) is 29.7 Å². The standard InChI is InChI=1S/C30H30N6O7/c1-3-31-28(39)20-7-4-18(2)24(13-20)34-27-25-14-21(15-35(25)33-16-32-27)29(40)36(22-8-9-22)30(41)43-17-42-26(38)12-19-5-10-23(37)11-6-19/h4-7,10-11,13-16,22,37H,3,8-9,12,17H2,1-2H3,(H,31,39)(H,32,33,34). The lowest BCUT2D eigenvalue weighted by atomic mass is 10.1. The molecule has 0 spiro atoms. The molecule has 4 aromatic rings. The van der Waals surface area contributed by atoms with Crippen LogP contribution in [-0.4, -0.2) is 67.9 Å². The van der Waals surface area contributed by atoms with Crippen LogP contribution < -0.4 is 10.6 Å². The van der Waals surface area contributed by atoms with E-state index in [2.05, 4.69) is 20.7 Å². The summed E-state index contributed by atoms with van der Waals surface area (Å²) in [6, 6.07) is 12.6. The second-order valence-corrected chi connectivity index (χ2v) is 9.98. The zero-order valence-corrected chi connectivity index (χ0v) is 23.6. The van der Waals surface area contributed by atoms with Crippen molar-refractivity contribution in [3.63, 3.8) is 0 Å². The van der Waals surface area contributed by atoms with Crippen molar-refractivity contribution >= 4 is 40.9 Å². The summed E-state index contributed by atoms with van der Waals surface area (Å²) in [6.45, 7) is 3.58. The second kappa shape index (κ2) is 12.6. The normalized spacial score (nSPS) is 12.4. The highest BCUT2D eigenvalue weighted by Gasteiger charge is 2.39. The van der Waals surface area contributed by atoms with E-state index in [1.807, 2.05) is 19.9 Å². The third-order valence-electron chi connectivity index (χ3n) is 6.76. The highest BCUT2D eigenvalue weighted by atomic mass is 16.7. The zero-order valence-electron chi connectivity index (χ0n) is 23.6. The summed E-state index contributed by atoms with van der Waals surface area (Å²) in [7, 11) is 0. The van der Waals surface area contributed by atoms with E-state index in [9.17, 15) is 24.3 Å². The maximum Gasteiger partial charge on any atom is 0.419 e. The molecule has 1 aliphatic rings. The lowest BCUT2D eigenvalue weighted by molar-refractivity contribution is -0.151. The lowest BCUT2D eigenvalue weighted by Gasteiger charge is -2.19. The molecule has 13 heteroatoms. The van der Waals surface area contributed by atoms with Gasteiger partial charge < -0.3 is 25.2 Å². The number of ether oxygens (including phenoxy) is 2. The number of benzene rings is 2. The van der Waals surface area contributed by atoms with Crippen LogP contribution in [0.15, 0.2) is 61.1 Å². The molecule has 0 aliphatic heterocycles. The number of rotatable bonds is 10. The van der Waals surface area contributed by atoms with E-state index in [4.69, 9.17) is 9.47 Å². The SMILES string of the molecule is CCNC(=O)c1ccc(C)c(Nc2ncnn3cc(C(=O)N(C(=O)OCOC(=O)Cc4ccc(O)cc4)C4CC4)cc23)c1. The molecular formula is C30H30N6O7. The van der Waals surface area contributed by atoms with Gasteiger partial charge in [-0.2, -0.15) is 5.10 Å². The van der Waals surface area contributed by atoms with Crippen molar-refractivity contribution in [1.29, 1.82) is 0 Å². The van der Waals surface area contributed by atoms with Crippen LogP contribution in [0.4, 0.5) is 16.3 Å². The number of hydrogen-bond donors (Lipinski definition) is 3. The maximum atomic E-state index is 13.5. The Morgan fingerprint density at radius 3 is 2.53 bits per heavy atom. The Balaban J connectivity index is 1.27. The monoisotopic (exact) mass is 586 g/mol. The number of carbonyl (C=O) groups is 4. The molecule has 222 valence electrons. The van der Waals surface area contributed by atoms with Crippen molar-refractivity contribution in [3.8, 4) is 5.75 Å². The summed E-state index contributed by atoms with van der Waals surface area (Å²) in [5, 5.41) is 19.5. The van der Waals surface area contributed by atoms with Crippen LogP contribution in [0.2, 0.25) is 0 Å². The molecule has 3 amide bonds. The van der Waals surface area contributed by atoms with Crippen LogP contribution in [0.5, 0.6) is 5.75 Å². The smallest absolute Gasteiger partial charge is 0.419 e. The van der Waals surface area contributed by atoms with Gasteiger partial charge in [0, 0.05) is 30.0 Å². The second-order valence-electron chi connectivity index (χ2n) is 9.98. The van der Waals surface area contributed by atoms with Crippen LogP contribution in [0.25, 0.3) is 5.52 Å². The molecule has 2 aromatic heterocycles. The highest BCUT2D eigenvalue weighted by molar-refractivity contribution is 6.04. The Hall–Kier alpha value is -5.46. The Kier molecular flexibility index (Phi) is 8.51. The molecule has 2 aromatic carbocycles. The van der Waals surface area contributed by atoms with E-state index in [0.29, 0.717) is 47.5 Å². The van der Waals surface area contributed by atoms with E-state index in [1.165, 1.54) is 29.2 Å². The number of imide groups is 1. The van der Waals surface area contributed by atoms with Gasteiger partial charge in [0.25, 0.3) is 11.8 Å². The first-order valence-corrected chi connectivity index (χ1v) is 13.7. The van der Waals surface area contributed by atoms with Crippen molar-refractivity contribution in [2.75, 3.05) is 18.7 Å². The summed E-state index contributed by atoms with van der Waals surface area (Å²) in [4.78, 5) is 56.2. The van der Waals surface area contributed by atoms with Gasteiger partial charge in [0.2, 0.25) is 6.79 Å². The van der Waals surface area contributed by atoms with E-state index in [0.717, 1.165) is 10.5 Å². The molecule has 0 bridgehead atoms. The minimum atomic E-state index is -0.928. The minimum Gasteiger partial charge on any atom is -0.508 e. The zero-order chi connectivity index (χ0) is 30.5. The first-order valence-electron chi connectivity index (χ1n) is 13.7. The Labute approximate surface area is 246 Å². The van der Waals surface area contributed by atoms with Gasteiger partial charge in [-0.25, -0.2) is 19.2 Å². The number of aryl methyl sites for hydroxylation is 1. The van der Waals surface area contributed by atoms with Crippen LogP contribution in [0.3, 0.4) is 0 Å². The number of fused-ring (bicyclic) bond motifs is 1. The van der Waals surface area contributed by atoms with Crippen molar-refractivity contribution in [1.82, 2.24) is 24.8 Å². The lowest BCUT2D eigenvalue weighted by Crippen LogP contribution is -2.39. The molecule has 0 unspecified atom stereocenters. The number of esters is 1. The van der Waals surface area contributed by atoms with Gasteiger partial charge in [-0.05, 0) is 68.1 Å². The quantitative estimate of drug-likeness (QED) is 0.184. The van der Waals surface area contributed by atoms with Gasteiger partial charge in [-0.15, -0.1) is 0 Å². The number of nitrogens with one attached hydrogen (secondary N) is 2. The van der Waals surface area contributed by atoms with Crippen LogP contribution >= 0.6 is 0 Å². The minimum absolute atomic E-state index is 0.0738. The number of amides is 3. The van der Waals surface area contributed by atoms with Crippen molar-refractivity contribution in [2.45, 2.75) is 39.2 Å². The first-order chi connectivity index (χ1) is 20.7.